The van der Waals surface area contributed by atoms with Gasteiger partial charge in [-0.15, -0.1) is 0 Å². The second-order valence-corrected chi connectivity index (χ2v) is 4.89. The summed E-state index contributed by atoms with van der Waals surface area (Å²) in [6.45, 7) is 0.331. The van der Waals surface area contributed by atoms with Gasteiger partial charge in [-0.3, -0.25) is 0 Å². The van der Waals surface area contributed by atoms with Crippen LogP contribution in [0.1, 0.15) is 5.56 Å². The smallest absolute Gasteiger partial charge is 0.231 e. The van der Waals surface area contributed by atoms with Crippen molar-refractivity contribution in [3.8, 4) is 22.6 Å². The molecule has 0 atom stereocenters. The van der Waals surface area contributed by atoms with Gasteiger partial charge in [0.05, 0.1) is 6.61 Å². The van der Waals surface area contributed by atoms with Crippen LogP contribution in [0.2, 0.25) is 0 Å². The minimum Gasteiger partial charge on any atom is -0.454 e. The number of fused-ring (bicyclic) bond motifs is 1. The first kappa shape index (κ1) is 11.6. The van der Waals surface area contributed by atoms with E-state index in [0.717, 1.165) is 32.7 Å². The van der Waals surface area contributed by atoms with Crippen molar-refractivity contribution in [2.24, 2.45) is 0 Å². The second kappa shape index (κ2) is 4.63. The molecule has 0 unspecified atom stereocenters. The van der Waals surface area contributed by atoms with E-state index in [-0.39, 0.29) is 13.4 Å². The van der Waals surface area contributed by atoms with Gasteiger partial charge in [0.15, 0.2) is 11.5 Å². The van der Waals surface area contributed by atoms with Crippen LogP contribution in [0.15, 0.2) is 40.9 Å². The normalized spacial score (nSPS) is 12.8. The van der Waals surface area contributed by atoms with Crippen LogP contribution >= 0.6 is 15.9 Å². The fourth-order valence-electron chi connectivity index (χ4n) is 1.93. The third-order valence-electron chi connectivity index (χ3n) is 2.91. The van der Waals surface area contributed by atoms with E-state index in [4.69, 9.17) is 14.6 Å². The van der Waals surface area contributed by atoms with E-state index < -0.39 is 0 Å². The van der Waals surface area contributed by atoms with Crippen molar-refractivity contribution in [3.05, 3.63) is 46.4 Å². The molecule has 0 fully saturated rings. The summed E-state index contributed by atoms with van der Waals surface area (Å²) in [5, 5.41) is 9.03. The molecule has 18 heavy (non-hydrogen) atoms. The summed E-state index contributed by atoms with van der Waals surface area (Å²) >= 11 is 3.54. The lowest BCUT2D eigenvalue weighted by Gasteiger charge is -2.07. The molecule has 1 aliphatic heterocycles. The van der Waals surface area contributed by atoms with Crippen molar-refractivity contribution in [2.75, 3.05) is 6.79 Å². The molecule has 0 aromatic heterocycles. The van der Waals surface area contributed by atoms with Gasteiger partial charge in [0.2, 0.25) is 6.79 Å². The van der Waals surface area contributed by atoms with Crippen molar-refractivity contribution >= 4 is 15.9 Å². The standard InChI is InChI=1S/C14H11BrO3/c15-12-6-14-13(17-8-18-14)5-11(12)10-3-1-9(7-16)2-4-10/h1-6,16H,7-8H2. The highest BCUT2D eigenvalue weighted by Crippen LogP contribution is 2.40. The quantitative estimate of drug-likeness (QED) is 0.925. The Bertz CT molecular complexity index is 578. The van der Waals surface area contributed by atoms with Crippen molar-refractivity contribution in [3.63, 3.8) is 0 Å². The van der Waals surface area contributed by atoms with Crippen LogP contribution < -0.4 is 9.47 Å². The summed E-state index contributed by atoms with van der Waals surface area (Å²) in [5.41, 5.74) is 3.01. The van der Waals surface area contributed by atoms with Crippen molar-refractivity contribution in [2.45, 2.75) is 6.61 Å². The van der Waals surface area contributed by atoms with E-state index in [1.807, 2.05) is 36.4 Å². The van der Waals surface area contributed by atoms with Crippen molar-refractivity contribution < 1.29 is 14.6 Å². The molecule has 92 valence electrons. The van der Waals surface area contributed by atoms with Gasteiger partial charge in [0, 0.05) is 4.47 Å². The summed E-state index contributed by atoms with van der Waals surface area (Å²) in [6.07, 6.45) is 0. The summed E-state index contributed by atoms with van der Waals surface area (Å²) in [5.74, 6) is 1.53. The lowest BCUT2D eigenvalue weighted by atomic mass is 10.0. The average Bonchev–Trinajstić information content (AvgIpc) is 2.85. The Labute approximate surface area is 113 Å². The Kier molecular flexibility index (Phi) is 2.97. The summed E-state index contributed by atoms with van der Waals surface area (Å²) < 4.78 is 11.7. The number of ether oxygens (including phenoxy) is 2. The second-order valence-electron chi connectivity index (χ2n) is 4.04. The van der Waals surface area contributed by atoms with E-state index in [9.17, 15) is 0 Å². The Morgan fingerprint density at radius 2 is 1.72 bits per heavy atom. The molecule has 0 aliphatic carbocycles. The van der Waals surface area contributed by atoms with Gasteiger partial charge in [-0.25, -0.2) is 0 Å². The Hall–Kier alpha value is -1.52. The molecule has 4 heteroatoms. The molecular formula is C14H11BrO3. The maximum atomic E-state index is 9.03. The third kappa shape index (κ3) is 1.98. The maximum absolute atomic E-state index is 9.03. The van der Waals surface area contributed by atoms with Gasteiger partial charge in [0.25, 0.3) is 0 Å². The molecule has 0 amide bonds. The number of halogens is 1. The van der Waals surface area contributed by atoms with Gasteiger partial charge in [-0.05, 0) is 28.8 Å². The highest BCUT2D eigenvalue weighted by molar-refractivity contribution is 9.10. The van der Waals surface area contributed by atoms with Crippen LogP contribution in [-0.4, -0.2) is 11.9 Å². The zero-order valence-corrected chi connectivity index (χ0v) is 11.1. The summed E-state index contributed by atoms with van der Waals surface area (Å²) in [6, 6.07) is 11.7. The molecule has 0 radical (unpaired) electrons. The van der Waals surface area contributed by atoms with Crippen LogP contribution in [0, 0.1) is 0 Å². The van der Waals surface area contributed by atoms with Gasteiger partial charge in [-0.1, -0.05) is 40.2 Å². The Morgan fingerprint density at radius 1 is 1.06 bits per heavy atom. The lowest BCUT2D eigenvalue weighted by molar-refractivity contribution is 0.174. The number of aliphatic hydroxyl groups is 1. The van der Waals surface area contributed by atoms with Crippen molar-refractivity contribution in [1.82, 2.24) is 0 Å². The average molecular weight is 307 g/mol. The number of hydrogen-bond acceptors (Lipinski definition) is 3. The Morgan fingerprint density at radius 3 is 2.39 bits per heavy atom. The highest BCUT2D eigenvalue weighted by atomic mass is 79.9. The van der Waals surface area contributed by atoms with Gasteiger partial charge in [-0.2, -0.15) is 0 Å². The first-order valence-electron chi connectivity index (χ1n) is 5.57. The Balaban J connectivity index is 2.05. The van der Waals surface area contributed by atoms with E-state index in [1.54, 1.807) is 0 Å². The predicted octanol–water partition coefficient (Wildman–Crippen LogP) is 3.34. The van der Waals surface area contributed by atoms with E-state index in [2.05, 4.69) is 15.9 Å². The topological polar surface area (TPSA) is 38.7 Å². The van der Waals surface area contributed by atoms with Crippen LogP contribution in [0.3, 0.4) is 0 Å². The van der Waals surface area contributed by atoms with E-state index in [0.29, 0.717) is 0 Å². The maximum Gasteiger partial charge on any atom is 0.231 e. The van der Waals surface area contributed by atoms with Crippen LogP contribution in [0.25, 0.3) is 11.1 Å². The van der Waals surface area contributed by atoms with Gasteiger partial charge < -0.3 is 14.6 Å². The molecule has 0 bridgehead atoms. The fourth-order valence-corrected chi connectivity index (χ4v) is 2.48. The number of benzene rings is 2. The molecule has 1 N–H and O–H groups in total. The molecule has 0 saturated heterocycles. The molecular weight excluding hydrogens is 296 g/mol. The van der Waals surface area contributed by atoms with Gasteiger partial charge >= 0.3 is 0 Å². The predicted molar refractivity (Wildman–Crippen MR) is 71.6 cm³/mol. The highest BCUT2D eigenvalue weighted by Gasteiger charge is 2.16. The third-order valence-corrected chi connectivity index (χ3v) is 3.57. The molecule has 2 aromatic carbocycles. The number of hydrogen-bond donors (Lipinski definition) is 1. The molecule has 3 rings (SSSR count). The van der Waals surface area contributed by atoms with E-state index >= 15 is 0 Å². The number of aliphatic hydroxyl groups excluding tert-OH is 1. The molecule has 0 spiro atoms. The first-order valence-corrected chi connectivity index (χ1v) is 6.36. The summed E-state index contributed by atoms with van der Waals surface area (Å²) in [4.78, 5) is 0. The number of rotatable bonds is 2. The minimum absolute atomic E-state index is 0.0581. The van der Waals surface area contributed by atoms with Crippen molar-refractivity contribution in [1.29, 1.82) is 0 Å². The summed E-state index contributed by atoms with van der Waals surface area (Å²) in [7, 11) is 0. The largest absolute Gasteiger partial charge is 0.454 e. The van der Waals surface area contributed by atoms with Crippen LogP contribution in [0.5, 0.6) is 11.5 Å². The lowest BCUT2D eigenvalue weighted by Crippen LogP contribution is -1.92. The molecule has 0 saturated carbocycles. The zero-order chi connectivity index (χ0) is 12.5. The van der Waals surface area contributed by atoms with E-state index in [1.165, 1.54) is 0 Å². The van der Waals surface area contributed by atoms with Gasteiger partial charge in [0.1, 0.15) is 0 Å². The molecule has 1 heterocycles. The fraction of sp³-hybridized carbons (Fsp3) is 0.143. The van der Waals surface area contributed by atoms with Crippen LogP contribution in [-0.2, 0) is 6.61 Å². The minimum atomic E-state index is 0.0581. The monoisotopic (exact) mass is 306 g/mol. The van der Waals surface area contributed by atoms with Crippen LogP contribution in [0.4, 0.5) is 0 Å². The molecule has 1 aliphatic rings. The SMILES string of the molecule is OCc1ccc(-c2cc3c(cc2Br)OCO3)cc1. The first-order chi connectivity index (χ1) is 8.78. The molecule has 3 nitrogen and oxygen atoms in total. The zero-order valence-electron chi connectivity index (χ0n) is 9.52. The molecule has 2 aromatic rings.